The Kier molecular flexibility index (Phi) is 6.90. The molecule has 2 aromatic carbocycles. The summed E-state index contributed by atoms with van der Waals surface area (Å²) < 4.78 is 18.3. The monoisotopic (exact) mass is 498 g/mol. The van der Waals surface area contributed by atoms with Crippen molar-refractivity contribution < 1.29 is 19.0 Å². The maximum atomic E-state index is 13.7. The van der Waals surface area contributed by atoms with Gasteiger partial charge in [0.25, 0.3) is 5.56 Å². The van der Waals surface area contributed by atoms with Crippen molar-refractivity contribution in [2.75, 3.05) is 20.8 Å². The Bertz CT molecular complexity index is 1470. The number of ether oxygens (including phenoxy) is 3. The van der Waals surface area contributed by atoms with Crippen LogP contribution >= 0.6 is 22.9 Å². The van der Waals surface area contributed by atoms with E-state index in [1.54, 1.807) is 57.4 Å². The van der Waals surface area contributed by atoms with Crippen LogP contribution in [-0.4, -0.2) is 31.4 Å². The van der Waals surface area contributed by atoms with Crippen LogP contribution in [0.2, 0.25) is 5.02 Å². The third-order valence-corrected chi connectivity index (χ3v) is 6.61. The molecule has 34 heavy (non-hydrogen) atoms. The molecule has 2 heterocycles. The van der Waals surface area contributed by atoms with Gasteiger partial charge in [-0.15, -0.1) is 0 Å². The lowest BCUT2D eigenvalue weighted by molar-refractivity contribution is -0.139. The fraction of sp³-hybridized carbons (Fsp3) is 0.240. The van der Waals surface area contributed by atoms with Crippen LogP contribution < -0.4 is 24.4 Å². The van der Waals surface area contributed by atoms with Crippen molar-refractivity contribution in [3.63, 3.8) is 0 Å². The number of rotatable bonds is 6. The van der Waals surface area contributed by atoms with Gasteiger partial charge in [0.05, 0.1) is 36.6 Å². The largest absolute Gasteiger partial charge is 0.497 e. The molecule has 0 aliphatic carbocycles. The highest BCUT2D eigenvalue weighted by Crippen LogP contribution is 2.37. The van der Waals surface area contributed by atoms with Crippen LogP contribution in [0.3, 0.4) is 0 Å². The predicted octanol–water partition coefficient (Wildman–Crippen LogP) is 3.47. The Morgan fingerprint density at radius 2 is 2.00 bits per heavy atom. The minimum absolute atomic E-state index is 0.191. The fourth-order valence-corrected chi connectivity index (χ4v) is 5.13. The van der Waals surface area contributed by atoms with E-state index in [4.69, 9.17) is 25.8 Å². The number of benzene rings is 2. The van der Waals surface area contributed by atoms with E-state index in [-0.39, 0.29) is 17.7 Å². The first-order valence-electron chi connectivity index (χ1n) is 10.5. The molecule has 4 rings (SSSR count). The predicted molar refractivity (Wildman–Crippen MR) is 131 cm³/mol. The molecule has 1 aliphatic rings. The van der Waals surface area contributed by atoms with Crippen LogP contribution in [0.1, 0.15) is 31.0 Å². The summed E-state index contributed by atoms with van der Waals surface area (Å²) in [6.07, 6.45) is 1.76. The molecule has 7 nitrogen and oxygen atoms in total. The molecule has 0 saturated heterocycles. The zero-order valence-corrected chi connectivity index (χ0v) is 20.7. The number of hydrogen-bond donors (Lipinski definition) is 0. The topological polar surface area (TPSA) is 79.1 Å². The minimum atomic E-state index is -0.804. The summed E-state index contributed by atoms with van der Waals surface area (Å²) in [6.45, 7) is 3.66. The molecule has 1 atom stereocenters. The van der Waals surface area contributed by atoms with E-state index < -0.39 is 12.0 Å². The van der Waals surface area contributed by atoms with Gasteiger partial charge in [-0.1, -0.05) is 35.1 Å². The Balaban J connectivity index is 2.02. The number of methoxy groups -OCH3 is 2. The van der Waals surface area contributed by atoms with Crippen molar-refractivity contribution in [2.45, 2.75) is 19.9 Å². The van der Waals surface area contributed by atoms with Crippen molar-refractivity contribution in [2.24, 2.45) is 4.99 Å². The van der Waals surface area contributed by atoms with E-state index >= 15 is 0 Å². The number of carbonyl (C=O) groups is 1. The van der Waals surface area contributed by atoms with E-state index in [9.17, 15) is 9.59 Å². The zero-order chi connectivity index (χ0) is 24.4. The first-order chi connectivity index (χ1) is 16.4. The van der Waals surface area contributed by atoms with Crippen LogP contribution in [0.15, 0.2) is 63.5 Å². The summed E-state index contributed by atoms with van der Waals surface area (Å²) in [6, 6.07) is 11.7. The molecule has 9 heteroatoms. The third-order valence-electron chi connectivity index (χ3n) is 5.39. The Morgan fingerprint density at radius 3 is 2.68 bits per heavy atom. The van der Waals surface area contributed by atoms with E-state index in [2.05, 4.69) is 4.99 Å². The highest BCUT2D eigenvalue weighted by molar-refractivity contribution is 7.07. The number of thiazole rings is 1. The molecule has 1 aliphatic heterocycles. The number of halogens is 1. The van der Waals surface area contributed by atoms with Gasteiger partial charge in [-0.3, -0.25) is 9.36 Å². The highest BCUT2D eigenvalue weighted by atomic mass is 35.5. The summed E-state index contributed by atoms with van der Waals surface area (Å²) in [4.78, 5) is 31.8. The summed E-state index contributed by atoms with van der Waals surface area (Å²) in [5.41, 5.74) is 1.84. The number of allylic oxidation sites excluding steroid dienone is 1. The lowest BCUT2D eigenvalue weighted by atomic mass is 9.94. The van der Waals surface area contributed by atoms with Crippen molar-refractivity contribution in [1.82, 2.24) is 4.57 Å². The van der Waals surface area contributed by atoms with Gasteiger partial charge in [0.1, 0.15) is 17.5 Å². The van der Waals surface area contributed by atoms with Crippen molar-refractivity contribution >= 4 is 35.0 Å². The van der Waals surface area contributed by atoms with E-state index in [1.807, 2.05) is 12.1 Å². The van der Waals surface area contributed by atoms with Crippen molar-refractivity contribution in [3.8, 4) is 11.5 Å². The van der Waals surface area contributed by atoms with E-state index in [0.29, 0.717) is 37.1 Å². The van der Waals surface area contributed by atoms with Crippen molar-refractivity contribution in [1.29, 1.82) is 0 Å². The smallest absolute Gasteiger partial charge is 0.338 e. The Morgan fingerprint density at radius 1 is 1.21 bits per heavy atom. The summed E-state index contributed by atoms with van der Waals surface area (Å²) in [5, 5.41) is 0.570. The minimum Gasteiger partial charge on any atom is -0.497 e. The molecule has 0 spiro atoms. The molecular weight excluding hydrogens is 476 g/mol. The van der Waals surface area contributed by atoms with Crippen LogP contribution in [0.5, 0.6) is 11.5 Å². The van der Waals surface area contributed by atoms with Crippen LogP contribution in [-0.2, 0) is 9.53 Å². The van der Waals surface area contributed by atoms with Crippen LogP contribution in [0.25, 0.3) is 6.08 Å². The first kappa shape index (κ1) is 23.8. The molecular formula is C25H23ClN2O5S. The van der Waals surface area contributed by atoms with E-state index in [1.165, 1.54) is 23.0 Å². The maximum absolute atomic E-state index is 13.7. The highest BCUT2D eigenvalue weighted by Gasteiger charge is 2.35. The zero-order valence-electron chi connectivity index (χ0n) is 19.1. The van der Waals surface area contributed by atoms with Crippen LogP contribution in [0.4, 0.5) is 0 Å². The van der Waals surface area contributed by atoms with Gasteiger partial charge in [0.15, 0.2) is 4.80 Å². The molecule has 0 bridgehead atoms. The standard InChI is InChI=1S/C25H23ClN2O5S/c1-5-33-24(30)21-14(2)27-25-28(22(21)18-13-17(31-3)9-10-19(18)32-4)23(29)20(34-25)12-15-7-6-8-16(26)11-15/h6-13,22H,5H2,1-4H3/b20-12+. The average molecular weight is 499 g/mol. The van der Waals surface area contributed by atoms with E-state index in [0.717, 1.165) is 5.56 Å². The second-order valence-corrected chi connectivity index (χ2v) is 8.91. The number of nitrogens with zero attached hydrogens (tertiary/aromatic N) is 2. The molecule has 0 amide bonds. The van der Waals surface area contributed by atoms with Crippen LogP contribution in [0, 0.1) is 0 Å². The molecule has 1 unspecified atom stereocenters. The fourth-order valence-electron chi connectivity index (χ4n) is 3.89. The molecule has 0 radical (unpaired) electrons. The van der Waals surface area contributed by atoms with Gasteiger partial charge in [0, 0.05) is 10.6 Å². The number of esters is 1. The second-order valence-electron chi connectivity index (χ2n) is 7.47. The molecule has 176 valence electrons. The Labute approximate surface area is 205 Å². The molecule has 0 N–H and O–H groups in total. The number of carbonyl (C=O) groups excluding carboxylic acids is 1. The van der Waals surface area contributed by atoms with Crippen molar-refractivity contribution in [3.05, 3.63) is 89.6 Å². The molecule has 0 fully saturated rings. The number of aromatic nitrogens is 1. The summed E-state index contributed by atoms with van der Waals surface area (Å²) in [5.74, 6) is 0.532. The normalized spacial score (nSPS) is 15.6. The first-order valence-corrected chi connectivity index (χ1v) is 11.7. The molecule has 1 aromatic heterocycles. The van der Waals surface area contributed by atoms with Gasteiger partial charge in [0.2, 0.25) is 0 Å². The third kappa shape index (κ3) is 4.38. The quantitative estimate of drug-likeness (QED) is 0.486. The van der Waals surface area contributed by atoms with Gasteiger partial charge in [-0.25, -0.2) is 9.79 Å². The lowest BCUT2D eigenvalue weighted by Gasteiger charge is -2.26. The summed E-state index contributed by atoms with van der Waals surface area (Å²) >= 11 is 7.36. The maximum Gasteiger partial charge on any atom is 0.338 e. The average Bonchev–Trinajstić information content (AvgIpc) is 3.12. The second kappa shape index (κ2) is 9.87. The SMILES string of the molecule is CCOC(=O)C1=C(C)N=c2s/c(=C/c3cccc(Cl)c3)c(=O)n2C1c1cc(OC)ccc1OC. The molecule has 0 saturated carbocycles. The van der Waals surface area contributed by atoms with Gasteiger partial charge in [-0.2, -0.15) is 0 Å². The number of hydrogen-bond acceptors (Lipinski definition) is 7. The number of fused-ring (bicyclic) bond motifs is 1. The van der Waals surface area contributed by atoms with Gasteiger partial charge >= 0.3 is 5.97 Å². The summed E-state index contributed by atoms with van der Waals surface area (Å²) in [7, 11) is 3.09. The Hall–Kier alpha value is -3.36. The lowest BCUT2D eigenvalue weighted by Crippen LogP contribution is -2.40. The van der Waals surface area contributed by atoms with Gasteiger partial charge < -0.3 is 14.2 Å². The van der Waals surface area contributed by atoms with Gasteiger partial charge in [-0.05, 0) is 55.8 Å². The molecule has 3 aromatic rings.